The molecule has 2 amide bonds. The van der Waals surface area contributed by atoms with Crippen LogP contribution in [0.5, 0.6) is 0 Å². The summed E-state index contributed by atoms with van der Waals surface area (Å²) in [5.74, 6) is 0.454. The maximum atomic E-state index is 13.4. The topological polar surface area (TPSA) is 110 Å². The van der Waals surface area contributed by atoms with Crippen LogP contribution in [-0.4, -0.2) is 47.2 Å². The molecule has 3 N–H and O–H groups in total. The lowest BCUT2D eigenvalue weighted by Crippen LogP contribution is -2.55. The van der Waals surface area contributed by atoms with Crippen LogP contribution < -0.4 is 10.9 Å². The third kappa shape index (κ3) is 4.00. The number of piperidine rings is 1. The Morgan fingerprint density at radius 1 is 1.16 bits per heavy atom. The molecule has 0 bridgehead atoms. The smallest absolute Gasteiger partial charge is 0.261 e. The van der Waals surface area contributed by atoms with E-state index in [2.05, 4.69) is 4.99 Å². The number of nitrogens with two attached hydrogens (primary N) is 1. The highest BCUT2D eigenvalue weighted by atomic mass is 16.3. The third-order valence-corrected chi connectivity index (χ3v) is 6.52. The molecule has 4 rings (SSSR count). The minimum absolute atomic E-state index is 0.0887. The molecule has 2 heterocycles. The van der Waals surface area contributed by atoms with E-state index in [1.807, 2.05) is 40.4 Å². The van der Waals surface area contributed by atoms with Crippen LogP contribution in [0.4, 0.5) is 5.69 Å². The molecular formula is C24H28N5O3+. The molecule has 1 atom stereocenters. The summed E-state index contributed by atoms with van der Waals surface area (Å²) in [5, 5.41) is 1.91. The van der Waals surface area contributed by atoms with E-state index in [9.17, 15) is 14.5 Å². The van der Waals surface area contributed by atoms with Crippen LogP contribution in [0, 0.1) is 10.8 Å². The number of nitrogens with zero attached hydrogens (tertiary/aromatic N) is 3. The van der Waals surface area contributed by atoms with Gasteiger partial charge in [0.2, 0.25) is 5.91 Å². The number of hydrogen-bond acceptors (Lipinski definition) is 5. The van der Waals surface area contributed by atoms with Gasteiger partial charge in [0.05, 0.1) is 0 Å². The van der Waals surface area contributed by atoms with E-state index >= 15 is 0 Å². The lowest BCUT2D eigenvalue weighted by atomic mass is 9.89. The lowest BCUT2D eigenvalue weighted by Gasteiger charge is -2.33. The summed E-state index contributed by atoms with van der Waals surface area (Å²) in [6.07, 6.45) is 1.68. The molecule has 8 nitrogen and oxygen atoms in total. The second-order valence-corrected chi connectivity index (χ2v) is 8.67. The Bertz CT molecular complexity index is 1090. The highest BCUT2D eigenvalue weighted by Gasteiger charge is 2.46. The highest BCUT2D eigenvalue weighted by Crippen LogP contribution is 2.35. The normalized spacial score (nSPS) is 21.6. The van der Waals surface area contributed by atoms with Gasteiger partial charge in [-0.25, -0.2) is 4.99 Å². The van der Waals surface area contributed by atoms with Gasteiger partial charge in [-0.15, -0.1) is 0 Å². The summed E-state index contributed by atoms with van der Waals surface area (Å²) in [6, 6.07) is 14.8. The van der Waals surface area contributed by atoms with Crippen LogP contribution in [0.15, 0.2) is 53.5 Å². The number of likely N-dealkylation sites (tertiary alicyclic amines) is 1. The molecule has 166 valence electrons. The second kappa shape index (κ2) is 8.53. The number of benzene rings is 2. The Morgan fingerprint density at radius 3 is 2.47 bits per heavy atom. The lowest BCUT2D eigenvalue weighted by molar-refractivity contribution is -0.379. The van der Waals surface area contributed by atoms with Crippen LogP contribution in [0.1, 0.15) is 32.3 Å². The zero-order valence-corrected chi connectivity index (χ0v) is 18.4. The second-order valence-electron chi connectivity index (χ2n) is 8.67. The summed E-state index contributed by atoms with van der Waals surface area (Å²) >= 11 is 0. The highest BCUT2D eigenvalue weighted by molar-refractivity contribution is 6.07. The van der Waals surface area contributed by atoms with E-state index in [-0.39, 0.29) is 23.7 Å². The Labute approximate surface area is 187 Å². The molecule has 2 aliphatic rings. The van der Waals surface area contributed by atoms with Crippen molar-refractivity contribution in [1.82, 2.24) is 9.80 Å². The summed E-state index contributed by atoms with van der Waals surface area (Å²) < 4.78 is 0. The summed E-state index contributed by atoms with van der Waals surface area (Å²) in [7, 11) is 0. The molecular weight excluding hydrogens is 406 g/mol. The molecule has 1 unspecified atom stereocenters. The fraction of sp³-hybridized carbons (Fsp3) is 0.375. The summed E-state index contributed by atoms with van der Waals surface area (Å²) in [4.78, 5) is 44.0. The third-order valence-electron chi connectivity index (χ3n) is 6.52. The molecule has 1 saturated heterocycles. The monoisotopic (exact) mass is 434 g/mol. The van der Waals surface area contributed by atoms with Crippen LogP contribution in [0.2, 0.25) is 0 Å². The van der Waals surface area contributed by atoms with Gasteiger partial charge in [0.1, 0.15) is 0 Å². The number of aliphatic imine (C=N–C) groups is 1. The van der Waals surface area contributed by atoms with Crippen molar-refractivity contribution in [3.8, 4) is 11.1 Å². The molecule has 0 radical (unpaired) electrons. The average Bonchev–Trinajstić information content (AvgIpc) is 3.03. The molecule has 0 saturated carbocycles. The number of rotatable bonds is 5. The minimum Gasteiger partial charge on any atom is -0.369 e. The Balaban J connectivity index is 1.54. The van der Waals surface area contributed by atoms with Gasteiger partial charge in [-0.3, -0.25) is 14.5 Å². The zero-order chi connectivity index (χ0) is 22.9. The first-order valence-electron chi connectivity index (χ1n) is 10.8. The van der Waals surface area contributed by atoms with Crippen molar-refractivity contribution in [1.29, 1.82) is 0 Å². The fourth-order valence-electron chi connectivity index (χ4n) is 4.52. The number of hydrogen-bond donors (Lipinski definition) is 2. The predicted octanol–water partition coefficient (Wildman–Crippen LogP) is 1.46. The van der Waals surface area contributed by atoms with Crippen LogP contribution in [0.25, 0.3) is 11.1 Å². The Morgan fingerprint density at radius 2 is 1.81 bits per heavy atom. The molecule has 8 heteroatoms. The largest absolute Gasteiger partial charge is 0.369 e. The van der Waals surface area contributed by atoms with E-state index in [1.165, 1.54) is 0 Å². The minimum atomic E-state index is -1.10. The number of nitroso groups, excluding NO2 is 1. The quantitative estimate of drug-likeness (QED) is 0.742. The first kappa shape index (κ1) is 21.7. The van der Waals surface area contributed by atoms with Gasteiger partial charge in [0.15, 0.2) is 11.5 Å². The number of guanidine groups is 1. The molecule has 0 spiro atoms. The molecule has 32 heavy (non-hydrogen) atoms. The predicted molar refractivity (Wildman–Crippen MR) is 122 cm³/mol. The fourth-order valence-corrected chi connectivity index (χ4v) is 4.52. The molecule has 0 aliphatic carbocycles. The maximum absolute atomic E-state index is 13.4. The number of amides is 2. The van der Waals surface area contributed by atoms with Gasteiger partial charge < -0.3 is 10.6 Å². The summed E-state index contributed by atoms with van der Waals surface area (Å²) in [5.41, 5.74) is 8.08. The Kier molecular flexibility index (Phi) is 5.78. The van der Waals surface area contributed by atoms with Crippen molar-refractivity contribution in [2.24, 2.45) is 16.6 Å². The van der Waals surface area contributed by atoms with Crippen LogP contribution in [-0.2, 0) is 15.1 Å². The maximum Gasteiger partial charge on any atom is 0.261 e. The average molecular weight is 435 g/mol. The van der Waals surface area contributed by atoms with Crippen molar-refractivity contribution in [3.63, 3.8) is 0 Å². The molecule has 2 aliphatic heterocycles. The Hall–Kier alpha value is -3.55. The van der Waals surface area contributed by atoms with Crippen LogP contribution in [0.3, 0.4) is 0 Å². The van der Waals surface area contributed by atoms with Crippen molar-refractivity contribution >= 4 is 23.5 Å². The molecule has 2 aromatic carbocycles. The van der Waals surface area contributed by atoms with E-state index in [1.54, 1.807) is 36.9 Å². The first-order valence-corrected chi connectivity index (χ1v) is 10.8. The van der Waals surface area contributed by atoms with Crippen LogP contribution >= 0.6 is 0 Å². The zero-order valence-electron chi connectivity index (χ0n) is 18.4. The van der Waals surface area contributed by atoms with Crippen molar-refractivity contribution in [3.05, 3.63) is 59.0 Å². The van der Waals surface area contributed by atoms with Gasteiger partial charge in [-0.1, -0.05) is 30.3 Å². The van der Waals surface area contributed by atoms with E-state index in [4.69, 9.17) is 5.73 Å². The van der Waals surface area contributed by atoms with Gasteiger partial charge in [-0.05, 0) is 48.4 Å². The van der Waals surface area contributed by atoms with E-state index in [0.29, 0.717) is 25.3 Å². The number of nitrogens with one attached hydrogen (secondary N) is 1. The molecule has 1 fully saturated rings. The SMILES string of the molecule is CC(=O)N1CCC(CN2C(=O)C(C)(c3cccc(-c4cccc([NH+]=O)c4)c3)N=C2N)CC1. The van der Waals surface area contributed by atoms with E-state index in [0.717, 1.165) is 29.5 Å². The van der Waals surface area contributed by atoms with Gasteiger partial charge in [0, 0.05) is 48.8 Å². The van der Waals surface area contributed by atoms with Crippen molar-refractivity contribution in [2.75, 3.05) is 19.6 Å². The number of carbonyl (C=O) groups is 2. The molecule has 2 aromatic rings. The van der Waals surface area contributed by atoms with Gasteiger partial charge in [0.25, 0.3) is 11.6 Å². The van der Waals surface area contributed by atoms with Gasteiger partial charge >= 0.3 is 0 Å². The number of carbonyl (C=O) groups excluding carboxylic acids is 2. The standard InChI is InChI=1S/C24H27N5O3/c1-16(30)28-11-9-17(10-12-28)15-29-22(31)24(2,26-23(29)25)20-7-3-5-18(13-20)19-6-4-8-21(14-19)27-32/h3-8,13-14,17H,9-12,15H2,1-2H3,(H2,25,26)/p+1. The van der Waals surface area contributed by atoms with Gasteiger partial charge in [-0.2, -0.15) is 0 Å². The van der Waals surface area contributed by atoms with Crippen molar-refractivity contribution in [2.45, 2.75) is 32.2 Å². The van der Waals surface area contributed by atoms with Crippen molar-refractivity contribution < 1.29 is 14.8 Å². The van der Waals surface area contributed by atoms with E-state index < -0.39 is 5.54 Å². The molecule has 0 aromatic heterocycles. The first-order chi connectivity index (χ1) is 15.3. The summed E-state index contributed by atoms with van der Waals surface area (Å²) in [6.45, 7) is 5.29.